The molecule has 1 rings (SSSR count). The highest BCUT2D eigenvalue weighted by atomic mass is 16.5. The number of primary amides is 1. The minimum Gasteiger partial charge on any atom is -0.497 e. The summed E-state index contributed by atoms with van der Waals surface area (Å²) in [5.41, 5.74) is 5.36. The number of amides is 1. The third-order valence-electron chi connectivity index (χ3n) is 1.75. The molecule has 0 bridgehead atoms. The van der Waals surface area contributed by atoms with E-state index in [1.54, 1.807) is 31.4 Å². The summed E-state index contributed by atoms with van der Waals surface area (Å²) in [6.07, 6.45) is -0.258. The van der Waals surface area contributed by atoms with Crippen LogP contribution in [0, 0.1) is 0 Å². The van der Waals surface area contributed by atoms with E-state index in [2.05, 4.69) is 0 Å². The number of ether oxygens (including phenoxy) is 1. The number of hydrogen-bond donors (Lipinski definition) is 1. The van der Waals surface area contributed by atoms with Crippen LogP contribution in [0.25, 0.3) is 0 Å². The minimum atomic E-state index is -0.620. The minimum absolute atomic E-state index is 0.258. The third-order valence-corrected chi connectivity index (χ3v) is 1.75. The third kappa shape index (κ3) is 2.58. The lowest BCUT2D eigenvalue weighted by Gasteiger charge is -2.01. The molecule has 0 unspecified atom stereocenters. The highest BCUT2D eigenvalue weighted by Gasteiger charge is 2.08. The molecule has 1 aromatic carbocycles. The van der Waals surface area contributed by atoms with Crippen molar-refractivity contribution < 1.29 is 14.3 Å². The van der Waals surface area contributed by atoms with Gasteiger partial charge in [0.2, 0.25) is 5.91 Å². The Kier molecular flexibility index (Phi) is 3.23. The van der Waals surface area contributed by atoms with Gasteiger partial charge in [0, 0.05) is 5.56 Å². The number of carbonyl (C=O) groups excluding carboxylic acids is 2. The molecular weight excluding hydrogens is 182 g/mol. The predicted molar refractivity (Wildman–Crippen MR) is 51.1 cm³/mol. The van der Waals surface area contributed by atoms with E-state index in [1.807, 2.05) is 0 Å². The van der Waals surface area contributed by atoms with Crippen LogP contribution in [-0.2, 0) is 4.79 Å². The summed E-state index contributed by atoms with van der Waals surface area (Å²) < 4.78 is 4.93. The Morgan fingerprint density at radius 2 is 1.86 bits per heavy atom. The van der Waals surface area contributed by atoms with Crippen LogP contribution >= 0.6 is 0 Å². The molecule has 1 aromatic rings. The molecule has 0 heterocycles. The number of carbonyl (C=O) groups is 2. The molecule has 0 aliphatic carbocycles. The molecule has 0 radical (unpaired) electrons. The van der Waals surface area contributed by atoms with Crippen molar-refractivity contribution in [3.63, 3.8) is 0 Å². The number of ketones is 1. The van der Waals surface area contributed by atoms with Crippen molar-refractivity contribution in [1.82, 2.24) is 0 Å². The van der Waals surface area contributed by atoms with Crippen molar-refractivity contribution >= 4 is 11.7 Å². The molecule has 0 aromatic heterocycles. The first-order chi connectivity index (χ1) is 6.63. The highest BCUT2D eigenvalue weighted by Crippen LogP contribution is 2.12. The van der Waals surface area contributed by atoms with E-state index in [0.29, 0.717) is 11.3 Å². The van der Waals surface area contributed by atoms with Gasteiger partial charge < -0.3 is 10.5 Å². The first-order valence-electron chi connectivity index (χ1n) is 4.09. The van der Waals surface area contributed by atoms with Gasteiger partial charge in [0.15, 0.2) is 5.78 Å². The second kappa shape index (κ2) is 4.41. The standard InChI is InChI=1S/C10H11NO3/c1-14-8-4-2-7(3-5-8)9(12)6-10(11)13/h2-5H,6H2,1H3,(H2,11,13). The number of nitrogens with two attached hydrogens (primary N) is 1. The first-order valence-corrected chi connectivity index (χ1v) is 4.09. The van der Waals surface area contributed by atoms with Crippen LogP contribution in [-0.4, -0.2) is 18.8 Å². The Morgan fingerprint density at radius 1 is 1.29 bits per heavy atom. The van der Waals surface area contributed by atoms with Gasteiger partial charge in [-0.25, -0.2) is 0 Å². The second-order valence-corrected chi connectivity index (χ2v) is 2.79. The Morgan fingerprint density at radius 3 is 2.29 bits per heavy atom. The van der Waals surface area contributed by atoms with Crippen LogP contribution in [0.4, 0.5) is 0 Å². The predicted octanol–water partition coefficient (Wildman–Crippen LogP) is 0.753. The average molecular weight is 193 g/mol. The summed E-state index contributed by atoms with van der Waals surface area (Å²) in [4.78, 5) is 21.8. The lowest BCUT2D eigenvalue weighted by Crippen LogP contribution is -2.16. The fraction of sp³-hybridized carbons (Fsp3) is 0.200. The lowest BCUT2D eigenvalue weighted by atomic mass is 10.1. The molecule has 0 fully saturated rings. The van der Waals surface area contributed by atoms with Crippen LogP contribution < -0.4 is 10.5 Å². The van der Waals surface area contributed by atoms with Crippen LogP contribution in [0.5, 0.6) is 5.75 Å². The van der Waals surface area contributed by atoms with Crippen LogP contribution in [0.3, 0.4) is 0 Å². The van der Waals surface area contributed by atoms with Gasteiger partial charge in [0.1, 0.15) is 5.75 Å². The zero-order chi connectivity index (χ0) is 10.6. The monoisotopic (exact) mass is 193 g/mol. The molecule has 0 aliphatic rings. The van der Waals surface area contributed by atoms with Gasteiger partial charge in [0.05, 0.1) is 13.5 Å². The van der Waals surface area contributed by atoms with Crippen molar-refractivity contribution in [2.75, 3.05) is 7.11 Å². The maximum atomic E-state index is 11.3. The molecule has 0 aliphatic heterocycles. The SMILES string of the molecule is COc1ccc(C(=O)CC(N)=O)cc1. The number of Topliss-reactive ketones (excluding diaryl/α,β-unsaturated/α-hetero) is 1. The van der Waals surface area contributed by atoms with E-state index in [0.717, 1.165) is 0 Å². The smallest absolute Gasteiger partial charge is 0.225 e. The van der Waals surface area contributed by atoms with Crippen molar-refractivity contribution in [3.8, 4) is 5.75 Å². The van der Waals surface area contributed by atoms with Gasteiger partial charge in [-0.15, -0.1) is 0 Å². The lowest BCUT2D eigenvalue weighted by molar-refractivity contribution is -0.117. The van der Waals surface area contributed by atoms with E-state index in [9.17, 15) is 9.59 Å². The van der Waals surface area contributed by atoms with E-state index in [4.69, 9.17) is 10.5 Å². The molecule has 1 amide bonds. The maximum Gasteiger partial charge on any atom is 0.225 e. The number of hydrogen-bond acceptors (Lipinski definition) is 3. The molecule has 2 N–H and O–H groups in total. The molecular formula is C10H11NO3. The summed E-state index contributed by atoms with van der Waals surface area (Å²) in [7, 11) is 1.54. The fourth-order valence-corrected chi connectivity index (χ4v) is 1.04. The van der Waals surface area contributed by atoms with Gasteiger partial charge in [-0.2, -0.15) is 0 Å². The van der Waals surface area contributed by atoms with Crippen LogP contribution in [0.2, 0.25) is 0 Å². The zero-order valence-electron chi connectivity index (χ0n) is 7.82. The maximum absolute atomic E-state index is 11.3. The Labute approximate surface area is 81.7 Å². The van der Waals surface area contributed by atoms with E-state index >= 15 is 0 Å². The first kappa shape index (κ1) is 10.2. The Bertz CT molecular complexity index is 343. The molecule has 0 saturated carbocycles. The van der Waals surface area contributed by atoms with Gasteiger partial charge in [-0.3, -0.25) is 9.59 Å². The number of rotatable bonds is 4. The van der Waals surface area contributed by atoms with Crippen molar-refractivity contribution in [2.24, 2.45) is 5.73 Å². The molecule has 0 spiro atoms. The largest absolute Gasteiger partial charge is 0.497 e. The van der Waals surface area contributed by atoms with Crippen molar-refractivity contribution in [1.29, 1.82) is 0 Å². The van der Waals surface area contributed by atoms with E-state index in [-0.39, 0.29) is 12.2 Å². The normalized spacial score (nSPS) is 9.50. The summed E-state index contributed by atoms with van der Waals surface area (Å²) >= 11 is 0. The summed E-state index contributed by atoms with van der Waals surface area (Å²) in [5, 5.41) is 0. The van der Waals surface area contributed by atoms with Crippen LogP contribution in [0.15, 0.2) is 24.3 Å². The summed E-state index contributed by atoms with van der Waals surface area (Å²) in [6.45, 7) is 0. The Balaban J connectivity index is 2.76. The molecule has 4 heteroatoms. The van der Waals surface area contributed by atoms with Gasteiger partial charge in [-0.05, 0) is 24.3 Å². The van der Waals surface area contributed by atoms with E-state index < -0.39 is 5.91 Å². The van der Waals surface area contributed by atoms with Crippen LogP contribution in [0.1, 0.15) is 16.8 Å². The topological polar surface area (TPSA) is 69.4 Å². The average Bonchev–Trinajstić information content (AvgIpc) is 2.17. The van der Waals surface area contributed by atoms with Gasteiger partial charge in [-0.1, -0.05) is 0 Å². The molecule has 74 valence electrons. The quantitative estimate of drug-likeness (QED) is 0.566. The number of benzene rings is 1. The molecule has 4 nitrogen and oxygen atoms in total. The zero-order valence-corrected chi connectivity index (χ0v) is 7.82. The molecule has 0 saturated heterocycles. The second-order valence-electron chi connectivity index (χ2n) is 2.79. The van der Waals surface area contributed by atoms with Crippen molar-refractivity contribution in [2.45, 2.75) is 6.42 Å². The number of methoxy groups -OCH3 is 1. The highest BCUT2D eigenvalue weighted by molar-refractivity contribution is 6.06. The molecule has 0 atom stereocenters. The summed E-state index contributed by atoms with van der Waals surface area (Å²) in [5.74, 6) is -0.230. The van der Waals surface area contributed by atoms with E-state index in [1.165, 1.54) is 0 Å². The molecule has 14 heavy (non-hydrogen) atoms. The summed E-state index contributed by atoms with van der Waals surface area (Å²) in [6, 6.07) is 6.52. The van der Waals surface area contributed by atoms with Gasteiger partial charge in [0.25, 0.3) is 0 Å². The fourth-order valence-electron chi connectivity index (χ4n) is 1.04. The Hall–Kier alpha value is -1.84. The van der Waals surface area contributed by atoms with Crippen molar-refractivity contribution in [3.05, 3.63) is 29.8 Å². The van der Waals surface area contributed by atoms with Gasteiger partial charge >= 0.3 is 0 Å².